The number of nitrogen functional groups attached to an aromatic ring is 2. The van der Waals surface area contributed by atoms with Crippen LogP contribution in [0.15, 0.2) is 93.5 Å². The van der Waals surface area contributed by atoms with Gasteiger partial charge in [0.15, 0.2) is 5.84 Å². The Hall–Kier alpha value is -3.93. The number of hydrogen-bond donors (Lipinski definition) is 2. The average Bonchev–Trinajstić information content (AvgIpc) is 2.68. The zero-order valence-corrected chi connectivity index (χ0v) is 14.4. The third-order valence-electron chi connectivity index (χ3n) is 4.57. The Morgan fingerprint density at radius 3 is 2.22 bits per heavy atom. The molecule has 3 aliphatic heterocycles. The van der Waals surface area contributed by atoms with Crippen LogP contribution < -0.4 is 11.5 Å². The minimum atomic E-state index is 0.547. The van der Waals surface area contributed by atoms with E-state index >= 15 is 0 Å². The molecule has 4 N–H and O–H groups in total. The van der Waals surface area contributed by atoms with Gasteiger partial charge in [0.1, 0.15) is 5.84 Å². The predicted octanol–water partition coefficient (Wildman–Crippen LogP) is 3.18. The fraction of sp³-hybridized carbons (Fsp3) is 0. The number of allylic oxidation sites excluding steroid dienone is 3. The lowest BCUT2D eigenvalue weighted by Gasteiger charge is -2.32. The van der Waals surface area contributed by atoms with Crippen molar-refractivity contribution in [3.63, 3.8) is 0 Å². The fourth-order valence-electron chi connectivity index (χ4n) is 3.25. The van der Waals surface area contributed by atoms with Crippen molar-refractivity contribution < 1.29 is 0 Å². The second-order valence-electron chi connectivity index (χ2n) is 6.31. The molecular formula is C21H16N6. The minimum absolute atomic E-state index is 0.547. The van der Waals surface area contributed by atoms with Crippen LogP contribution in [0.2, 0.25) is 0 Å². The van der Waals surface area contributed by atoms with Gasteiger partial charge in [-0.25, -0.2) is 9.98 Å². The number of aliphatic imine (C=N–C) groups is 3. The van der Waals surface area contributed by atoms with Crippen LogP contribution in [0.25, 0.3) is 5.70 Å². The maximum absolute atomic E-state index is 6.15. The third kappa shape index (κ3) is 2.46. The molecule has 27 heavy (non-hydrogen) atoms. The number of rotatable bonds is 2. The van der Waals surface area contributed by atoms with Crippen LogP contribution in [-0.2, 0) is 0 Å². The van der Waals surface area contributed by atoms with E-state index in [-0.39, 0.29) is 0 Å². The van der Waals surface area contributed by atoms with E-state index in [2.05, 4.69) is 4.99 Å². The number of anilines is 2. The lowest BCUT2D eigenvalue weighted by atomic mass is 10.1. The van der Waals surface area contributed by atoms with Gasteiger partial charge in [-0.3, -0.25) is 4.90 Å². The van der Waals surface area contributed by atoms with Gasteiger partial charge in [-0.05, 0) is 36.4 Å². The largest absolute Gasteiger partial charge is 0.398 e. The van der Waals surface area contributed by atoms with Crippen molar-refractivity contribution in [1.82, 2.24) is 4.90 Å². The van der Waals surface area contributed by atoms with Crippen molar-refractivity contribution in [2.75, 3.05) is 11.5 Å². The molecule has 0 aromatic heterocycles. The Morgan fingerprint density at radius 2 is 1.48 bits per heavy atom. The highest BCUT2D eigenvalue weighted by Gasteiger charge is 2.30. The first kappa shape index (κ1) is 15.3. The second kappa shape index (κ2) is 5.81. The first-order chi connectivity index (χ1) is 13.2. The molecule has 0 spiro atoms. The van der Waals surface area contributed by atoms with Crippen molar-refractivity contribution in [1.29, 1.82) is 0 Å². The summed E-state index contributed by atoms with van der Waals surface area (Å²) in [6.45, 7) is 0. The van der Waals surface area contributed by atoms with E-state index in [0.717, 1.165) is 28.4 Å². The monoisotopic (exact) mass is 352 g/mol. The Kier molecular flexibility index (Phi) is 3.30. The molecule has 0 aliphatic carbocycles. The molecule has 0 saturated carbocycles. The smallest absolute Gasteiger partial charge is 0.238 e. The van der Waals surface area contributed by atoms with Gasteiger partial charge in [-0.1, -0.05) is 36.4 Å². The molecule has 0 radical (unpaired) electrons. The molecule has 0 saturated heterocycles. The SMILES string of the molecule is Nc1ccccc1C1=CC2=CC=CC3=NC(c4ccccc4N)=NC(=N1)N23. The highest BCUT2D eigenvalue weighted by Crippen LogP contribution is 2.32. The highest BCUT2D eigenvalue weighted by molar-refractivity contribution is 6.24. The van der Waals surface area contributed by atoms with E-state index < -0.39 is 0 Å². The summed E-state index contributed by atoms with van der Waals surface area (Å²) in [6, 6.07) is 15.2. The molecule has 6 nitrogen and oxygen atoms in total. The van der Waals surface area contributed by atoms with Crippen molar-refractivity contribution in [2.24, 2.45) is 15.0 Å². The van der Waals surface area contributed by atoms with Crippen LogP contribution in [-0.4, -0.2) is 22.5 Å². The van der Waals surface area contributed by atoms with Gasteiger partial charge in [0, 0.05) is 22.5 Å². The summed E-state index contributed by atoms with van der Waals surface area (Å²) in [5.74, 6) is 1.86. The van der Waals surface area contributed by atoms with Gasteiger partial charge < -0.3 is 11.5 Å². The van der Waals surface area contributed by atoms with E-state index in [4.69, 9.17) is 21.5 Å². The molecule has 0 unspecified atom stereocenters. The van der Waals surface area contributed by atoms with E-state index in [0.29, 0.717) is 23.2 Å². The fourth-order valence-corrected chi connectivity index (χ4v) is 3.25. The van der Waals surface area contributed by atoms with Gasteiger partial charge in [-0.15, -0.1) is 0 Å². The number of guanidine groups is 1. The van der Waals surface area contributed by atoms with E-state index in [9.17, 15) is 0 Å². The standard InChI is InChI=1S/C21H16N6/c22-16-9-3-1-7-14(16)18-12-13-6-5-11-19-25-20(26-21(24-18)27(13)19)15-8-2-4-10-17(15)23/h1-12H,22-23H2. The van der Waals surface area contributed by atoms with Crippen molar-refractivity contribution in [2.45, 2.75) is 0 Å². The first-order valence-corrected chi connectivity index (χ1v) is 8.57. The Bertz CT molecular complexity index is 1100. The second-order valence-corrected chi connectivity index (χ2v) is 6.31. The van der Waals surface area contributed by atoms with Crippen LogP contribution in [0.4, 0.5) is 11.4 Å². The Morgan fingerprint density at radius 1 is 0.778 bits per heavy atom. The van der Waals surface area contributed by atoms with Crippen molar-refractivity contribution in [3.05, 3.63) is 89.7 Å². The summed E-state index contributed by atoms with van der Waals surface area (Å²) in [7, 11) is 0. The van der Waals surface area contributed by atoms with Crippen molar-refractivity contribution in [3.8, 4) is 0 Å². The summed E-state index contributed by atoms with van der Waals surface area (Å²) in [5, 5.41) is 0. The summed E-state index contributed by atoms with van der Waals surface area (Å²) in [5.41, 5.74) is 17.0. The zero-order chi connectivity index (χ0) is 18.4. The number of benzene rings is 2. The summed E-state index contributed by atoms with van der Waals surface area (Å²) in [6.07, 6.45) is 7.89. The van der Waals surface area contributed by atoms with Gasteiger partial charge in [-0.2, -0.15) is 4.99 Å². The lowest BCUT2D eigenvalue weighted by Crippen LogP contribution is -2.40. The van der Waals surface area contributed by atoms with E-state index in [1.807, 2.05) is 77.7 Å². The highest BCUT2D eigenvalue weighted by atomic mass is 15.4. The van der Waals surface area contributed by atoms with Crippen LogP contribution >= 0.6 is 0 Å². The predicted molar refractivity (Wildman–Crippen MR) is 110 cm³/mol. The third-order valence-corrected chi connectivity index (χ3v) is 4.57. The number of nitrogens with zero attached hydrogens (tertiary/aromatic N) is 4. The first-order valence-electron chi connectivity index (χ1n) is 8.57. The molecule has 3 aliphatic rings. The molecule has 130 valence electrons. The van der Waals surface area contributed by atoms with Gasteiger partial charge >= 0.3 is 0 Å². The summed E-state index contributed by atoms with van der Waals surface area (Å²) >= 11 is 0. The number of nitrogens with two attached hydrogens (primary N) is 2. The van der Waals surface area contributed by atoms with E-state index in [1.54, 1.807) is 0 Å². The van der Waals surface area contributed by atoms with Crippen LogP contribution in [0.1, 0.15) is 11.1 Å². The molecule has 6 heteroatoms. The zero-order valence-electron chi connectivity index (χ0n) is 14.4. The minimum Gasteiger partial charge on any atom is -0.398 e. The van der Waals surface area contributed by atoms with Crippen LogP contribution in [0.3, 0.4) is 0 Å². The molecule has 2 aromatic rings. The molecule has 2 aromatic carbocycles. The van der Waals surface area contributed by atoms with Crippen molar-refractivity contribution >= 4 is 34.7 Å². The van der Waals surface area contributed by atoms with Gasteiger partial charge in [0.05, 0.1) is 11.4 Å². The van der Waals surface area contributed by atoms with Crippen LogP contribution in [0.5, 0.6) is 0 Å². The number of hydrogen-bond acceptors (Lipinski definition) is 6. The lowest BCUT2D eigenvalue weighted by molar-refractivity contribution is 0.750. The molecule has 0 fully saturated rings. The number of amidine groups is 2. The Balaban J connectivity index is 1.68. The molecule has 0 amide bonds. The molecular weight excluding hydrogens is 336 g/mol. The molecule has 3 heterocycles. The van der Waals surface area contributed by atoms with Gasteiger partial charge in [0.2, 0.25) is 5.96 Å². The Labute approximate surface area is 156 Å². The summed E-state index contributed by atoms with van der Waals surface area (Å²) < 4.78 is 0. The summed E-state index contributed by atoms with van der Waals surface area (Å²) in [4.78, 5) is 16.1. The molecule has 5 rings (SSSR count). The average molecular weight is 352 g/mol. The van der Waals surface area contributed by atoms with Gasteiger partial charge in [0.25, 0.3) is 0 Å². The van der Waals surface area contributed by atoms with Crippen LogP contribution in [0, 0.1) is 0 Å². The molecule has 0 atom stereocenters. The number of para-hydroxylation sites is 2. The topological polar surface area (TPSA) is 92.4 Å². The molecule has 0 bridgehead atoms. The maximum atomic E-state index is 6.15. The maximum Gasteiger partial charge on any atom is 0.238 e. The van der Waals surface area contributed by atoms with E-state index in [1.165, 1.54) is 0 Å². The quantitative estimate of drug-likeness (QED) is 0.813. The normalized spacial score (nSPS) is 17.3.